The molecule has 0 aliphatic heterocycles. The van der Waals surface area contributed by atoms with Gasteiger partial charge in [0.1, 0.15) is 0 Å². The van der Waals surface area contributed by atoms with Crippen molar-refractivity contribution >= 4 is 0 Å². The molecule has 0 spiro atoms. The van der Waals surface area contributed by atoms with E-state index in [9.17, 15) is 0 Å². The molecule has 0 fully saturated rings. The van der Waals surface area contributed by atoms with Crippen LogP contribution in [0.1, 0.15) is 6.92 Å². The second-order valence-corrected chi connectivity index (χ2v) is 2.15. The lowest BCUT2D eigenvalue weighted by atomic mass is 10.5. The van der Waals surface area contributed by atoms with Crippen molar-refractivity contribution < 1.29 is 0 Å². The van der Waals surface area contributed by atoms with Gasteiger partial charge in [0.15, 0.2) is 0 Å². The first-order valence-corrected chi connectivity index (χ1v) is 3.07. The first-order valence-electron chi connectivity index (χ1n) is 3.07. The van der Waals surface area contributed by atoms with Crippen LogP contribution in [0.5, 0.6) is 0 Å². The van der Waals surface area contributed by atoms with Crippen LogP contribution < -0.4 is 5.73 Å². The molecule has 0 atom stereocenters. The van der Waals surface area contributed by atoms with Crippen LogP contribution in [-0.2, 0) is 0 Å². The molecule has 0 aromatic rings. The van der Waals surface area contributed by atoms with Gasteiger partial charge >= 0.3 is 0 Å². The van der Waals surface area contributed by atoms with E-state index in [-0.39, 0.29) is 0 Å². The van der Waals surface area contributed by atoms with Crippen molar-refractivity contribution in [2.75, 3.05) is 27.7 Å². The summed E-state index contributed by atoms with van der Waals surface area (Å²) in [6, 6.07) is 0. The van der Waals surface area contributed by atoms with Crippen LogP contribution in [0, 0.1) is 0 Å². The molecule has 0 rings (SSSR count). The lowest BCUT2D eigenvalue weighted by Gasteiger charge is -1.90. The Balaban J connectivity index is 0. The quantitative estimate of drug-likeness (QED) is 0.529. The standard InChI is InChI=1S/C4H9N.C3H9N/c1-2-3-4-5;1-4(2)3/h2-3H,4-5H2,1H3;1-3H3/b3-2-;. The Bertz CT molecular complexity index is 55.2. The maximum atomic E-state index is 5.05. The van der Waals surface area contributed by atoms with Crippen LogP contribution in [0.2, 0.25) is 0 Å². The number of rotatable bonds is 1. The van der Waals surface area contributed by atoms with E-state index in [1.165, 1.54) is 0 Å². The summed E-state index contributed by atoms with van der Waals surface area (Å²) in [5, 5.41) is 0. The summed E-state index contributed by atoms with van der Waals surface area (Å²) in [5.74, 6) is 0. The molecular weight excluding hydrogens is 112 g/mol. The molecular formula is C7H18N2. The third kappa shape index (κ3) is 89.1. The highest BCUT2D eigenvalue weighted by Crippen LogP contribution is 1.57. The van der Waals surface area contributed by atoms with E-state index >= 15 is 0 Å². The van der Waals surface area contributed by atoms with Gasteiger partial charge in [-0.1, -0.05) is 12.2 Å². The predicted octanol–water partition coefficient (Wildman–Crippen LogP) is 0.699. The average Bonchev–Trinajstić information content (AvgIpc) is 1.66. The Morgan fingerprint density at radius 1 is 1.33 bits per heavy atom. The van der Waals surface area contributed by atoms with Crippen LogP contribution in [0.25, 0.3) is 0 Å². The van der Waals surface area contributed by atoms with E-state index in [2.05, 4.69) is 0 Å². The number of hydrogen-bond acceptors (Lipinski definition) is 2. The molecule has 0 aliphatic rings. The molecule has 0 saturated heterocycles. The van der Waals surface area contributed by atoms with Crippen LogP contribution in [0.3, 0.4) is 0 Å². The van der Waals surface area contributed by atoms with E-state index in [4.69, 9.17) is 5.73 Å². The van der Waals surface area contributed by atoms with Gasteiger partial charge in [-0.15, -0.1) is 0 Å². The van der Waals surface area contributed by atoms with Crippen molar-refractivity contribution in [2.45, 2.75) is 6.92 Å². The fourth-order valence-corrected chi connectivity index (χ4v) is 0.136. The molecule has 0 radical (unpaired) electrons. The van der Waals surface area contributed by atoms with Gasteiger partial charge in [0.2, 0.25) is 0 Å². The van der Waals surface area contributed by atoms with Crippen LogP contribution in [0.4, 0.5) is 0 Å². The zero-order valence-corrected chi connectivity index (χ0v) is 6.89. The molecule has 0 aromatic carbocycles. The van der Waals surface area contributed by atoms with E-state index in [1.807, 2.05) is 45.1 Å². The van der Waals surface area contributed by atoms with Crippen LogP contribution in [0.15, 0.2) is 12.2 Å². The van der Waals surface area contributed by atoms with Crippen molar-refractivity contribution in [3.05, 3.63) is 12.2 Å². The highest BCUT2D eigenvalue weighted by Gasteiger charge is 1.58. The van der Waals surface area contributed by atoms with Crippen molar-refractivity contribution in [1.29, 1.82) is 0 Å². The van der Waals surface area contributed by atoms with Crippen LogP contribution in [-0.4, -0.2) is 32.6 Å². The van der Waals surface area contributed by atoms with E-state index in [0.717, 1.165) is 0 Å². The minimum absolute atomic E-state index is 0.663. The minimum Gasteiger partial charge on any atom is -0.327 e. The second-order valence-electron chi connectivity index (χ2n) is 2.15. The maximum absolute atomic E-state index is 5.05. The average molecular weight is 130 g/mol. The highest BCUT2D eigenvalue weighted by molar-refractivity contribution is 4.76. The largest absolute Gasteiger partial charge is 0.327 e. The summed E-state index contributed by atoms with van der Waals surface area (Å²) < 4.78 is 0. The van der Waals surface area contributed by atoms with Gasteiger partial charge in [0.05, 0.1) is 0 Å². The van der Waals surface area contributed by atoms with Crippen LogP contribution >= 0.6 is 0 Å². The lowest BCUT2D eigenvalue weighted by Crippen LogP contribution is -1.99. The number of nitrogens with two attached hydrogens (primary N) is 1. The van der Waals surface area contributed by atoms with E-state index in [1.54, 1.807) is 0 Å². The molecule has 2 heteroatoms. The van der Waals surface area contributed by atoms with Gasteiger partial charge < -0.3 is 10.6 Å². The van der Waals surface area contributed by atoms with Crippen molar-refractivity contribution in [1.82, 2.24) is 4.90 Å². The third-order valence-electron chi connectivity index (χ3n) is 0.372. The summed E-state index contributed by atoms with van der Waals surface area (Å²) in [7, 11) is 6.00. The molecule has 0 aliphatic carbocycles. The van der Waals surface area contributed by atoms with E-state index in [0.29, 0.717) is 6.54 Å². The smallest absolute Gasteiger partial charge is 0.0106 e. The first-order chi connectivity index (χ1) is 4.15. The zero-order chi connectivity index (χ0) is 7.70. The Kier molecular flexibility index (Phi) is 13.5. The summed E-state index contributed by atoms with van der Waals surface area (Å²) in [6.07, 6.45) is 3.83. The molecule has 56 valence electrons. The fourth-order valence-electron chi connectivity index (χ4n) is 0.136. The van der Waals surface area contributed by atoms with Crippen molar-refractivity contribution in [3.8, 4) is 0 Å². The monoisotopic (exact) mass is 130 g/mol. The number of hydrogen-bond donors (Lipinski definition) is 1. The van der Waals surface area contributed by atoms with Crippen molar-refractivity contribution in [2.24, 2.45) is 5.73 Å². The second kappa shape index (κ2) is 10.6. The molecule has 2 nitrogen and oxygen atoms in total. The summed E-state index contributed by atoms with van der Waals surface area (Å²) >= 11 is 0. The van der Waals surface area contributed by atoms with Gasteiger partial charge in [-0.3, -0.25) is 0 Å². The van der Waals surface area contributed by atoms with E-state index < -0.39 is 0 Å². The Morgan fingerprint density at radius 3 is 1.67 bits per heavy atom. The maximum Gasteiger partial charge on any atom is 0.0106 e. The number of allylic oxidation sites excluding steroid dienone is 1. The normalized spacial score (nSPS) is 9.56. The molecule has 0 bridgehead atoms. The Labute approximate surface area is 58.3 Å². The van der Waals surface area contributed by atoms with Gasteiger partial charge in [0.25, 0.3) is 0 Å². The molecule has 0 aromatic heterocycles. The van der Waals surface area contributed by atoms with Gasteiger partial charge in [-0.25, -0.2) is 0 Å². The summed E-state index contributed by atoms with van der Waals surface area (Å²) in [4.78, 5) is 2.00. The molecule has 9 heavy (non-hydrogen) atoms. The lowest BCUT2D eigenvalue weighted by molar-refractivity contribution is 0.505. The third-order valence-corrected chi connectivity index (χ3v) is 0.372. The topological polar surface area (TPSA) is 29.3 Å². The molecule has 0 saturated carbocycles. The van der Waals surface area contributed by atoms with Crippen molar-refractivity contribution in [3.63, 3.8) is 0 Å². The van der Waals surface area contributed by atoms with Gasteiger partial charge in [0, 0.05) is 6.54 Å². The van der Waals surface area contributed by atoms with Gasteiger partial charge in [-0.05, 0) is 28.1 Å². The zero-order valence-electron chi connectivity index (χ0n) is 6.89. The Morgan fingerprint density at radius 2 is 1.67 bits per heavy atom. The first kappa shape index (κ1) is 11.5. The highest BCUT2D eigenvalue weighted by atomic mass is 15.0. The minimum atomic E-state index is 0.663. The van der Waals surface area contributed by atoms with Gasteiger partial charge in [-0.2, -0.15) is 0 Å². The number of nitrogens with zero attached hydrogens (tertiary/aromatic N) is 1. The molecule has 2 N–H and O–H groups in total. The fraction of sp³-hybridized carbons (Fsp3) is 0.714. The summed E-state index contributed by atoms with van der Waals surface area (Å²) in [6.45, 7) is 2.61. The molecule has 0 amide bonds. The summed E-state index contributed by atoms with van der Waals surface area (Å²) in [5.41, 5.74) is 5.05. The SMILES string of the molecule is C/C=C\CN.CN(C)C. The molecule has 0 unspecified atom stereocenters. The molecule has 0 heterocycles. The Hall–Kier alpha value is -0.340. The predicted molar refractivity (Wildman–Crippen MR) is 43.5 cm³/mol.